The van der Waals surface area contributed by atoms with E-state index in [1.54, 1.807) is 19.1 Å². The lowest BCUT2D eigenvalue weighted by Gasteiger charge is -2.19. The number of anilines is 1. The monoisotopic (exact) mass is 466 g/mol. The Morgan fingerprint density at radius 2 is 2.09 bits per heavy atom. The molecule has 4 rings (SSSR count). The number of hydrogen-bond donors (Lipinski definition) is 1. The number of carbonyl (C=O) groups excluding carboxylic acids is 1. The van der Waals surface area contributed by atoms with E-state index in [1.807, 2.05) is 6.07 Å². The second-order valence-corrected chi connectivity index (χ2v) is 7.86. The Morgan fingerprint density at radius 1 is 1.30 bits per heavy atom. The van der Waals surface area contributed by atoms with E-state index in [4.69, 9.17) is 15.7 Å². The first-order valence-corrected chi connectivity index (χ1v) is 10.5. The molecule has 1 aromatic carbocycles. The zero-order valence-corrected chi connectivity index (χ0v) is 18.2. The highest BCUT2D eigenvalue weighted by atomic mass is 32.1. The number of halogens is 2. The van der Waals surface area contributed by atoms with Crippen LogP contribution in [0.4, 0.5) is 14.6 Å². The fourth-order valence-electron chi connectivity index (χ4n) is 3.30. The molecule has 0 aliphatic carbocycles. The summed E-state index contributed by atoms with van der Waals surface area (Å²) in [6, 6.07) is 8.31. The number of aromatic nitrogens is 4. The number of carbonyl (C=O) groups is 1. The van der Waals surface area contributed by atoms with Gasteiger partial charge in [-0.1, -0.05) is 0 Å². The van der Waals surface area contributed by atoms with Crippen molar-refractivity contribution in [3.8, 4) is 23.1 Å². The van der Waals surface area contributed by atoms with E-state index in [2.05, 4.69) is 15.1 Å². The zero-order chi connectivity index (χ0) is 23.7. The van der Waals surface area contributed by atoms with Gasteiger partial charge in [-0.25, -0.2) is 18.7 Å². The summed E-state index contributed by atoms with van der Waals surface area (Å²) < 4.78 is 36.3. The van der Waals surface area contributed by atoms with Gasteiger partial charge in [0.2, 0.25) is 5.78 Å². The summed E-state index contributed by atoms with van der Waals surface area (Å²) in [6.07, 6.45) is 0.629. The molecule has 2 N–H and O–H groups in total. The molecular weight excluding hydrogens is 450 g/mol. The molecule has 0 aliphatic rings. The van der Waals surface area contributed by atoms with Crippen LogP contribution < -0.4 is 10.5 Å². The summed E-state index contributed by atoms with van der Waals surface area (Å²) >= 11 is 0.986. The number of nitrogens with zero attached hydrogens (tertiary/aromatic N) is 5. The van der Waals surface area contributed by atoms with Crippen molar-refractivity contribution >= 4 is 22.9 Å². The Morgan fingerprint density at radius 3 is 2.79 bits per heavy atom. The molecule has 3 heterocycles. The maximum Gasteiger partial charge on any atom is 0.225 e. The van der Waals surface area contributed by atoms with Crippen molar-refractivity contribution in [1.82, 2.24) is 19.7 Å². The van der Waals surface area contributed by atoms with Gasteiger partial charge in [0.25, 0.3) is 0 Å². The van der Waals surface area contributed by atoms with Gasteiger partial charge >= 0.3 is 0 Å². The minimum absolute atomic E-state index is 0.0102. The Labute approximate surface area is 190 Å². The van der Waals surface area contributed by atoms with Gasteiger partial charge in [0, 0.05) is 36.5 Å². The van der Waals surface area contributed by atoms with Crippen LogP contribution in [-0.4, -0.2) is 25.5 Å². The van der Waals surface area contributed by atoms with Crippen LogP contribution in [-0.2, 0) is 7.05 Å². The lowest BCUT2D eigenvalue weighted by molar-refractivity contribution is 0.103. The molecule has 0 radical (unpaired) electrons. The average molecular weight is 466 g/mol. The molecule has 166 valence electrons. The molecule has 0 spiro atoms. The molecule has 1 atom stereocenters. The van der Waals surface area contributed by atoms with Crippen LogP contribution >= 0.6 is 11.3 Å². The van der Waals surface area contributed by atoms with Crippen LogP contribution in [0.1, 0.15) is 39.7 Å². The number of thiazole rings is 1. The summed E-state index contributed by atoms with van der Waals surface area (Å²) in [5.74, 6) is -1.89. The quantitative estimate of drug-likeness (QED) is 0.426. The van der Waals surface area contributed by atoms with Crippen LogP contribution in [0.3, 0.4) is 0 Å². The third-order valence-corrected chi connectivity index (χ3v) is 5.69. The maximum atomic E-state index is 15.1. The van der Waals surface area contributed by atoms with E-state index in [9.17, 15) is 9.18 Å². The predicted octanol–water partition coefficient (Wildman–Crippen LogP) is 4.04. The molecule has 0 fully saturated rings. The van der Waals surface area contributed by atoms with Crippen molar-refractivity contribution in [3.05, 3.63) is 75.5 Å². The predicted molar refractivity (Wildman–Crippen MR) is 117 cm³/mol. The SMILES string of the molecule is C[C@@H](Oc1cccnc1N)c1cc(F)cc(F)c1-c1ncsc1C(=O)c1cc(C#N)n(C)n1. The van der Waals surface area contributed by atoms with Gasteiger partial charge in [-0.2, -0.15) is 10.4 Å². The van der Waals surface area contributed by atoms with Crippen molar-refractivity contribution in [1.29, 1.82) is 5.26 Å². The fourth-order valence-corrected chi connectivity index (χ4v) is 4.05. The Kier molecular flexibility index (Phi) is 5.85. The molecule has 0 aliphatic heterocycles. The molecule has 11 heteroatoms. The van der Waals surface area contributed by atoms with Crippen molar-refractivity contribution in [2.45, 2.75) is 13.0 Å². The van der Waals surface area contributed by atoms with Crippen LogP contribution in [0.15, 0.2) is 42.0 Å². The number of ether oxygens (including phenoxy) is 1. The topological polar surface area (TPSA) is 120 Å². The van der Waals surface area contributed by atoms with Crippen molar-refractivity contribution in [2.24, 2.45) is 7.05 Å². The fraction of sp³-hybridized carbons (Fsp3) is 0.136. The summed E-state index contributed by atoms with van der Waals surface area (Å²) in [7, 11) is 1.53. The molecule has 0 bridgehead atoms. The van der Waals surface area contributed by atoms with Crippen LogP contribution in [0.2, 0.25) is 0 Å². The highest BCUT2D eigenvalue weighted by molar-refractivity contribution is 7.12. The normalized spacial score (nSPS) is 11.7. The number of aryl methyl sites for hydroxylation is 1. The number of rotatable bonds is 6. The average Bonchev–Trinajstić information content (AvgIpc) is 3.40. The van der Waals surface area contributed by atoms with Gasteiger partial charge in [0.1, 0.15) is 40.1 Å². The number of ketones is 1. The summed E-state index contributed by atoms with van der Waals surface area (Å²) in [4.78, 5) is 21.3. The van der Waals surface area contributed by atoms with Gasteiger partial charge in [-0.05, 0) is 25.1 Å². The number of nitrogens with two attached hydrogens (primary N) is 1. The smallest absolute Gasteiger partial charge is 0.225 e. The molecule has 0 unspecified atom stereocenters. The lowest BCUT2D eigenvalue weighted by Crippen LogP contribution is -2.10. The summed E-state index contributed by atoms with van der Waals surface area (Å²) in [5, 5.41) is 13.2. The lowest BCUT2D eigenvalue weighted by atomic mass is 9.97. The van der Waals surface area contributed by atoms with Gasteiger partial charge in [0.05, 0.1) is 11.2 Å². The Balaban J connectivity index is 1.79. The molecule has 0 saturated heterocycles. The minimum atomic E-state index is -0.904. The third kappa shape index (κ3) is 4.16. The molecule has 3 aromatic heterocycles. The standard InChI is InChI=1S/C22H16F2N6O2S/c1-11(32-17-4-3-5-27-22(17)26)14-6-12(23)7-15(24)18(14)19-21(33-10-28-19)20(31)16-8-13(9-25)30(2)29-16/h3-8,10-11H,1-2H3,(H2,26,27)/t11-/m1/s1. The number of hydrogen-bond acceptors (Lipinski definition) is 8. The molecule has 4 aromatic rings. The molecule has 0 amide bonds. The third-order valence-electron chi connectivity index (χ3n) is 4.86. The van der Waals surface area contributed by atoms with Crippen molar-refractivity contribution in [3.63, 3.8) is 0 Å². The highest BCUT2D eigenvalue weighted by Gasteiger charge is 2.27. The van der Waals surface area contributed by atoms with E-state index in [-0.39, 0.29) is 44.7 Å². The van der Waals surface area contributed by atoms with Crippen LogP contribution in [0.5, 0.6) is 5.75 Å². The summed E-state index contributed by atoms with van der Waals surface area (Å²) in [6.45, 7) is 1.59. The van der Waals surface area contributed by atoms with Gasteiger partial charge < -0.3 is 10.5 Å². The van der Waals surface area contributed by atoms with Crippen LogP contribution in [0.25, 0.3) is 11.3 Å². The minimum Gasteiger partial charge on any atom is -0.482 e. The molecule has 33 heavy (non-hydrogen) atoms. The highest BCUT2D eigenvalue weighted by Crippen LogP contribution is 2.37. The number of nitrogen functional groups attached to an aromatic ring is 1. The van der Waals surface area contributed by atoms with Gasteiger partial charge in [-0.15, -0.1) is 11.3 Å². The molecule has 8 nitrogen and oxygen atoms in total. The Hall–Kier alpha value is -4.17. The van der Waals surface area contributed by atoms with Gasteiger partial charge in [-0.3, -0.25) is 9.48 Å². The van der Waals surface area contributed by atoms with Crippen LogP contribution in [0, 0.1) is 23.0 Å². The Bertz CT molecular complexity index is 1410. The molecule has 0 saturated carbocycles. The first kappa shape index (κ1) is 22.0. The number of pyridine rings is 1. The van der Waals surface area contributed by atoms with E-state index >= 15 is 4.39 Å². The number of benzene rings is 1. The number of nitriles is 1. The van der Waals surface area contributed by atoms with Crippen molar-refractivity contribution in [2.75, 3.05) is 5.73 Å². The maximum absolute atomic E-state index is 15.1. The zero-order valence-electron chi connectivity index (χ0n) is 17.4. The van der Waals surface area contributed by atoms with E-state index in [0.717, 1.165) is 17.4 Å². The van der Waals surface area contributed by atoms with E-state index in [0.29, 0.717) is 6.07 Å². The largest absolute Gasteiger partial charge is 0.482 e. The van der Waals surface area contributed by atoms with E-state index in [1.165, 1.54) is 29.5 Å². The second kappa shape index (κ2) is 8.76. The van der Waals surface area contributed by atoms with E-state index < -0.39 is 23.5 Å². The first-order chi connectivity index (χ1) is 15.8. The summed E-state index contributed by atoms with van der Waals surface area (Å²) in [5.41, 5.74) is 7.49. The molecular formula is C22H16F2N6O2S. The first-order valence-electron chi connectivity index (χ1n) is 9.59. The van der Waals surface area contributed by atoms with Gasteiger partial charge in [0.15, 0.2) is 11.6 Å². The second-order valence-electron chi connectivity index (χ2n) is 7.01. The van der Waals surface area contributed by atoms with Crippen molar-refractivity contribution < 1.29 is 18.3 Å².